The number of carbonyl (C=O) groups excluding carboxylic acids is 2. The number of halogens is 3. The van der Waals surface area contributed by atoms with Crippen molar-refractivity contribution in [2.75, 3.05) is 26.2 Å². The van der Waals surface area contributed by atoms with E-state index in [0.29, 0.717) is 21.8 Å². The Labute approximate surface area is 234 Å². The zero-order valence-corrected chi connectivity index (χ0v) is 23.4. The molecule has 2 amide bonds. The number of amides is 2. The van der Waals surface area contributed by atoms with Crippen molar-refractivity contribution in [3.63, 3.8) is 0 Å². The summed E-state index contributed by atoms with van der Waals surface area (Å²) in [5.74, 6) is -3.06. The number of nitrogens with one attached hydrogen (secondary N) is 1. The van der Waals surface area contributed by atoms with Gasteiger partial charge in [-0.25, -0.2) is 8.78 Å². The maximum absolute atomic E-state index is 13.6. The van der Waals surface area contributed by atoms with Crippen molar-refractivity contribution in [1.82, 2.24) is 30.1 Å². The quantitative estimate of drug-likeness (QED) is 0.432. The van der Waals surface area contributed by atoms with Gasteiger partial charge in [0.2, 0.25) is 0 Å². The van der Waals surface area contributed by atoms with Crippen molar-refractivity contribution < 1.29 is 22.9 Å². The number of hydrogen-bond acceptors (Lipinski definition) is 7. The van der Waals surface area contributed by atoms with Crippen molar-refractivity contribution in [3.8, 4) is 10.6 Å². The van der Waals surface area contributed by atoms with E-state index in [1.807, 2.05) is 6.07 Å². The Kier molecular flexibility index (Phi) is 8.06. The van der Waals surface area contributed by atoms with E-state index in [-0.39, 0.29) is 43.0 Å². The minimum Gasteiger partial charge on any atom is -0.355 e. The molecule has 2 aliphatic rings. The van der Waals surface area contributed by atoms with E-state index in [2.05, 4.69) is 34.3 Å². The minimum atomic E-state index is -2.77. The van der Waals surface area contributed by atoms with Gasteiger partial charge in [0.15, 0.2) is 11.5 Å². The van der Waals surface area contributed by atoms with Crippen LogP contribution in [0.5, 0.6) is 0 Å². The lowest BCUT2D eigenvalue weighted by atomic mass is 10.0. The Hall–Kier alpha value is -2.83. The van der Waals surface area contributed by atoms with Gasteiger partial charge in [0.25, 0.3) is 17.7 Å². The summed E-state index contributed by atoms with van der Waals surface area (Å²) in [7, 11) is 0. The zero-order valence-electron chi connectivity index (χ0n) is 21.8. The van der Waals surface area contributed by atoms with E-state index >= 15 is 0 Å². The van der Waals surface area contributed by atoms with Gasteiger partial charge in [-0.2, -0.15) is 5.10 Å². The molecule has 1 N–H and O–H groups in total. The van der Waals surface area contributed by atoms with E-state index in [9.17, 15) is 18.4 Å². The largest absolute Gasteiger partial charge is 0.355 e. The van der Waals surface area contributed by atoms with Crippen LogP contribution in [0.2, 0.25) is 4.34 Å². The van der Waals surface area contributed by atoms with Gasteiger partial charge in [0, 0.05) is 63.2 Å². The molecule has 0 radical (unpaired) electrons. The molecule has 39 heavy (non-hydrogen) atoms. The molecule has 13 heteroatoms. The van der Waals surface area contributed by atoms with Gasteiger partial charge >= 0.3 is 0 Å². The molecule has 2 fully saturated rings. The fourth-order valence-electron chi connectivity index (χ4n) is 4.95. The molecule has 0 saturated carbocycles. The van der Waals surface area contributed by atoms with Crippen molar-refractivity contribution >= 4 is 34.8 Å². The molecule has 5 heterocycles. The summed E-state index contributed by atoms with van der Waals surface area (Å²) >= 11 is 7.39. The van der Waals surface area contributed by atoms with Crippen LogP contribution < -0.4 is 5.32 Å². The first-order valence-electron chi connectivity index (χ1n) is 13.1. The standard InChI is InChI=1S/C26H31ClF2N6O3S/c1-16(2)33-9-5-17(6-10-33)30-24(36)20-14-19(25(37)34-11-7-26(28,29)8-12-34)31-35(20)15-18-13-21(38-32-18)22-3-4-23(27)39-22/h3-4,13-14,16-17H,5-12,15H2,1-2H3,(H,30,36). The number of nitrogens with zero attached hydrogens (tertiary/aromatic N) is 5. The first-order chi connectivity index (χ1) is 18.6. The van der Waals surface area contributed by atoms with Crippen LogP contribution in [0.15, 0.2) is 28.8 Å². The summed E-state index contributed by atoms with van der Waals surface area (Å²) in [6, 6.07) is 7.22. The molecule has 210 valence electrons. The number of carbonyl (C=O) groups is 2. The Morgan fingerprint density at radius 3 is 2.54 bits per heavy atom. The lowest BCUT2D eigenvalue weighted by Crippen LogP contribution is -2.46. The molecule has 3 aromatic rings. The lowest BCUT2D eigenvalue weighted by molar-refractivity contribution is -0.0495. The zero-order chi connectivity index (χ0) is 27.7. The smallest absolute Gasteiger partial charge is 0.274 e. The van der Waals surface area contributed by atoms with Crippen molar-refractivity contribution in [2.45, 2.75) is 64.1 Å². The highest BCUT2D eigenvalue weighted by Crippen LogP contribution is 2.32. The first kappa shape index (κ1) is 27.7. The number of likely N-dealkylation sites (tertiary alicyclic amines) is 2. The van der Waals surface area contributed by atoms with E-state index < -0.39 is 24.7 Å². The normalized spacial score (nSPS) is 18.6. The second-order valence-corrected chi connectivity index (χ2v) is 12.1. The second-order valence-electron chi connectivity index (χ2n) is 10.4. The van der Waals surface area contributed by atoms with Gasteiger partial charge in [-0.1, -0.05) is 16.8 Å². The number of alkyl halides is 2. The number of hydrogen-bond donors (Lipinski definition) is 1. The van der Waals surface area contributed by atoms with Crippen LogP contribution in [0.1, 0.15) is 66.2 Å². The van der Waals surface area contributed by atoms with Crippen molar-refractivity contribution in [3.05, 3.63) is 45.7 Å². The molecule has 2 saturated heterocycles. The van der Waals surface area contributed by atoms with Crippen molar-refractivity contribution in [2.24, 2.45) is 0 Å². The Morgan fingerprint density at radius 2 is 1.90 bits per heavy atom. The lowest BCUT2D eigenvalue weighted by Gasteiger charge is -2.34. The van der Waals surface area contributed by atoms with Crippen LogP contribution in [0.3, 0.4) is 0 Å². The predicted molar refractivity (Wildman–Crippen MR) is 143 cm³/mol. The molecule has 9 nitrogen and oxygen atoms in total. The van der Waals surface area contributed by atoms with Crippen LogP contribution in [0.4, 0.5) is 8.78 Å². The average molecular weight is 581 g/mol. The topological polar surface area (TPSA) is 96.5 Å². The Morgan fingerprint density at radius 1 is 1.18 bits per heavy atom. The van der Waals surface area contributed by atoms with Gasteiger partial charge in [0.1, 0.15) is 11.4 Å². The molecular formula is C26H31ClF2N6O3S. The highest BCUT2D eigenvalue weighted by atomic mass is 35.5. The van der Waals surface area contributed by atoms with E-state index in [4.69, 9.17) is 16.1 Å². The van der Waals surface area contributed by atoms with Crippen LogP contribution >= 0.6 is 22.9 Å². The summed E-state index contributed by atoms with van der Waals surface area (Å²) in [4.78, 5) is 31.1. The summed E-state index contributed by atoms with van der Waals surface area (Å²) in [5, 5.41) is 11.6. The van der Waals surface area contributed by atoms with E-state index in [1.54, 1.807) is 12.1 Å². The van der Waals surface area contributed by atoms with E-state index in [1.165, 1.54) is 27.0 Å². The molecule has 3 aromatic heterocycles. The third kappa shape index (κ3) is 6.50. The highest BCUT2D eigenvalue weighted by Gasteiger charge is 2.37. The second kappa shape index (κ2) is 11.3. The molecule has 0 spiro atoms. The molecule has 0 bridgehead atoms. The molecule has 0 atom stereocenters. The monoisotopic (exact) mass is 580 g/mol. The average Bonchev–Trinajstić information content (AvgIpc) is 3.64. The van der Waals surface area contributed by atoms with Crippen LogP contribution in [0.25, 0.3) is 10.6 Å². The molecular weight excluding hydrogens is 550 g/mol. The molecule has 0 aromatic carbocycles. The van der Waals surface area contributed by atoms with Crippen LogP contribution in [-0.2, 0) is 6.54 Å². The van der Waals surface area contributed by atoms with Gasteiger partial charge < -0.3 is 19.6 Å². The van der Waals surface area contributed by atoms with Gasteiger partial charge in [0.05, 0.1) is 15.8 Å². The molecule has 0 aliphatic carbocycles. The maximum atomic E-state index is 13.6. The molecule has 5 rings (SSSR count). The van der Waals surface area contributed by atoms with Crippen LogP contribution in [0, 0.1) is 0 Å². The fraction of sp³-hybridized carbons (Fsp3) is 0.538. The summed E-state index contributed by atoms with van der Waals surface area (Å²) in [5.41, 5.74) is 0.748. The predicted octanol–water partition coefficient (Wildman–Crippen LogP) is 4.78. The Bertz CT molecular complexity index is 1320. The summed E-state index contributed by atoms with van der Waals surface area (Å²) < 4.78 is 34.8. The summed E-state index contributed by atoms with van der Waals surface area (Å²) in [6.45, 7) is 6.04. The summed E-state index contributed by atoms with van der Waals surface area (Å²) in [6.07, 6.45) is 0.857. The van der Waals surface area contributed by atoms with Crippen molar-refractivity contribution in [1.29, 1.82) is 0 Å². The van der Waals surface area contributed by atoms with E-state index in [0.717, 1.165) is 30.8 Å². The SMILES string of the molecule is CC(C)N1CCC(NC(=O)c2cc(C(=O)N3CCC(F)(F)CC3)nn2Cc2cc(-c3ccc(Cl)s3)on2)CC1. The van der Waals surface area contributed by atoms with Crippen LogP contribution in [-0.4, -0.2) is 80.7 Å². The molecule has 0 unspecified atom stereocenters. The van der Waals surface area contributed by atoms with Gasteiger partial charge in [-0.05, 0) is 38.8 Å². The minimum absolute atomic E-state index is 0.00144. The molecule has 2 aliphatic heterocycles. The number of rotatable bonds is 7. The fourth-order valence-corrected chi connectivity index (χ4v) is 5.94. The number of aromatic nitrogens is 3. The Balaban J connectivity index is 1.35. The van der Waals surface area contributed by atoms with Gasteiger partial charge in [-0.15, -0.1) is 11.3 Å². The third-order valence-corrected chi connectivity index (χ3v) is 8.54. The number of thiophene rings is 1. The first-order valence-corrected chi connectivity index (χ1v) is 14.3. The third-order valence-electron chi connectivity index (χ3n) is 7.30. The number of piperidine rings is 2. The highest BCUT2D eigenvalue weighted by molar-refractivity contribution is 7.19. The maximum Gasteiger partial charge on any atom is 0.274 e. The van der Waals surface area contributed by atoms with Gasteiger partial charge in [-0.3, -0.25) is 14.3 Å².